The smallest absolute Gasteiger partial charge is 0.431 e. The molecular formula is C3H11NO4Si. The van der Waals surface area contributed by atoms with Crippen LogP contribution in [0.3, 0.4) is 0 Å². The van der Waals surface area contributed by atoms with Crippen molar-refractivity contribution in [2.24, 2.45) is 0 Å². The molecule has 3 N–H and O–H groups in total. The van der Waals surface area contributed by atoms with Gasteiger partial charge in [-0.3, -0.25) is 5.21 Å². The Morgan fingerprint density at radius 2 is 2.22 bits per heavy atom. The second-order valence-electron chi connectivity index (χ2n) is 0.832. The molecule has 0 aliphatic heterocycles. The summed E-state index contributed by atoms with van der Waals surface area (Å²) in [5.41, 5.74) is 1.30. The van der Waals surface area contributed by atoms with Gasteiger partial charge in [-0.1, -0.05) is 0 Å². The molecule has 0 aromatic rings. The van der Waals surface area contributed by atoms with E-state index in [1.54, 1.807) is 6.92 Å². The SMILES string of the molecule is CCOC(=O)NO.O[SiH3]. The molecule has 56 valence electrons. The van der Waals surface area contributed by atoms with Crippen molar-refractivity contribution >= 4 is 16.6 Å². The summed E-state index contributed by atoms with van der Waals surface area (Å²) in [6.45, 7) is 1.92. The highest BCUT2D eigenvalue weighted by Crippen LogP contribution is 1.70. The molecule has 0 rings (SSSR count). The van der Waals surface area contributed by atoms with Gasteiger partial charge in [-0.2, -0.15) is 0 Å². The predicted octanol–water partition coefficient (Wildman–Crippen LogP) is -1.62. The lowest BCUT2D eigenvalue weighted by Crippen LogP contribution is -2.19. The van der Waals surface area contributed by atoms with Crippen LogP contribution in [0.4, 0.5) is 4.79 Å². The van der Waals surface area contributed by atoms with Crippen LogP contribution in [-0.2, 0) is 4.74 Å². The normalized spacial score (nSPS) is 7.00. The Kier molecular flexibility index (Phi) is 13.0. The number of amides is 1. The Hall–Kier alpha value is -0.593. The molecule has 0 radical (unpaired) electrons. The number of hydroxylamine groups is 1. The zero-order valence-corrected chi connectivity index (χ0v) is 7.42. The molecule has 0 aliphatic carbocycles. The number of rotatable bonds is 1. The third-order valence-corrected chi connectivity index (χ3v) is 0.367. The zero-order valence-electron chi connectivity index (χ0n) is 5.42. The quantitative estimate of drug-likeness (QED) is 0.240. The first kappa shape index (κ1) is 11.2. The van der Waals surface area contributed by atoms with Crippen LogP contribution in [0.25, 0.3) is 0 Å². The van der Waals surface area contributed by atoms with Crippen LogP contribution < -0.4 is 5.48 Å². The summed E-state index contributed by atoms with van der Waals surface area (Å²) in [4.78, 5) is 17.0. The summed E-state index contributed by atoms with van der Waals surface area (Å²) in [6.07, 6.45) is -0.817. The van der Waals surface area contributed by atoms with Crippen LogP contribution in [0.15, 0.2) is 0 Å². The summed E-state index contributed by atoms with van der Waals surface area (Å²) in [6, 6.07) is 0. The van der Waals surface area contributed by atoms with E-state index in [-0.39, 0.29) is 6.61 Å². The largest absolute Gasteiger partial charge is 0.448 e. The Bertz CT molecular complexity index is 68.8. The van der Waals surface area contributed by atoms with Gasteiger partial charge in [0.2, 0.25) is 0 Å². The third-order valence-electron chi connectivity index (χ3n) is 0.367. The van der Waals surface area contributed by atoms with E-state index in [9.17, 15) is 4.79 Å². The Morgan fingerprint density at radius 3 is 2.33 bits per heavy atom. The summed E-state index contributed by atoms with van der Waals surface area (Å²) < 4.78 is 4.19. The third kappa shape index (κ3) is 11.1. The first-order valence-corrected chi connectivity index (χ1v) is 3.22. The molecule has 0 atom stereocenters. The van der Waals surface area contributed by atoms with Crippen LogP contribution in [-0.4, -0.2) is 33.2 Å². The lowest BCUT2D eigenvalue weighted by molar-refractivity contribution is 0.0929. The minimum atomic E-state index is -0.817. The number of hydrogen-bond donors (Lipinski definition) is 3. The number of carbonyl (C=O) groups is 1. The molecule has 0 aromatic heterocycles. The monoisotopic (exact) mass is 153 g/mol. The lowest BCUT2D eigenvalue weighted by atomic mass is 10.9. The summed E-state index contributed by atoms with van der Waals surface area (Å²) in [7, 11) is 0.306. The van der Waals surface area contributed by atoms with Crippen LogP contribution >= 0.6 is 0 Å². The highest BCUT2D eigenvalue weighted by Gasteiger charge is 1.91. The van der Waals surface area contributed by atoms with Crippen LogP contribution in [0, 0.1) is 0 Å². The van der Waals surface area contributed by atoms with E-state index < -0.39 is 6.09 Å². The van der Waals surface area contributed by atoms with E-state index in [1.807, 2.05) is 0 Å². The summed E-state index contributed by atoms with van der Waals surface area (Å²) in [5.74, 6) is 0. The number of carbonyl (C=O) groups excluding carboxylic acids is 1. The minimum Gasteiger partial charge on any atom is -0.448 e. The van der Waals surface area contributed by atoms with Crippen molar-refractivity contribution in [3.63, 3.8) is 0 Å². The average Bonchev–Trinajstić information content (AvgIpc) is 1.93. The molecule has 0 aromatic carbocycles. The minimum absolute atomic E-state index is 0.270. The van der Waals surface area contributed by atoms with Crippen molar-refractivity contribution in [1.82, 2.24) is 5.48 Å². The highest BCUT2D eigenvalue weighted by atomic mass is 28.2. The summed E-state index contributed by atoms with van der Waals surface area (Å²) in [5, 5.41) is 7.74. The molecule has 6 heteroatoms. The van der Waals surface area contributed by atoms with E-state index >= 15 is 0 Å². The maximum atomic E-state index is 9.83. The molecule has 1 amide bonds. The first-order chi connectivity index (χ1) is 4.31. The summed E-state index contributed by atoms with van der Waals surface area (Å²) >= 11 is 0. The average molecular weight is 153 g/mol. The standard InChI is InChI=1S/C3H7NO3.H4OSi/c1-2-7-3(5)4-6;1-2/h6H,2H2,1H3,(H,4,5);1H,2H3. The van der Waals surface area contributed by atoms with E-state index in [4.69, 9.17) is 10.0 Å². The maximum absolute atomic E-state index is 9.83. The lowest BCUT2D eigenvalue weighted by Gasteiger charge is -1.94. The van der Waals surface area contributed by atoms with Crippen molar-refractivity contribution in [2.75, 3.05) is 6.61 Å². The molecule has 0 unspecified atom stereocenters. The van der Waals surface area contributed by atoms with Crippen molar-refractivity contribution in [2.45, 2.75) is 6.92 Å². The Morgan fingerprint density at radius 1 is 1.78 bits per heavy atom. The van der Waals surface area contributed by atoms with Gasteiger partial charge >= 0.3 is 6.09 Å². The topological polar surface area (TPSA) is 78.8 Å². The van der Waals surface area contributed by atoms with E-state index in [2.05, 4.69) is 4.74 Å². The fourth-order valence-electron chi connectivity index (χ4n) is 0.163. The van der Waals surface area contributed by atoms with E-state index in [0.29, 0.717) is 10.5 Å². The second-order valence-corrected chi connectivity index (χ2v) is 0.832. The van der Waals surface area contributed by atoms with Gasteiger partial charge in [0.15, 0.2) is 0 Å². The van der Waals surface area contributed by atoms with Crippen molar-refractivity contribution < 1.29 is 19.5 Å². The molecule has 0 saturated heterocycles. The van der Waals surface area contributed by atoms with Gasteiger partial charge in [0.25, 0.3) is 0 Å². The fourth-order valence-corrected chi connectivity index (χ4v) is 0.163. The van der Waals surface area contributed by atoms with Gasteiger partial charge in [-0.15, -0.1) is 0 Å². The van der Waals surface area contributed by atoms with Gasteiger partial charge in [0.05, 0.1) is 6.61 Å². The molecule has 0 saturated carbocycles. The van der Waals surface area contributed by atoms with Crippen molar-refractivity contribution in [3.8, 4) is 0 Å². The molecule has 0 bridgehead atoms. The van der Waals surface area contributed by atoms with Crippen LogP contribution in [0.1, 0.15) is 6.92 Å². The van der Waals surface area contributed by atoms with E-state index in [1.165, 1.54) is 5.48 Å². The fraction of sp³-hybridized carbons (Fsp3) is 0.667. The number of nitrogens with one attached hydrogen (secondary N) is 1. The first-order valence-electron chi connectivity index (χ1n) is 2.32. The molecule has 5 nitrogen and oxygen atoms in total. The Labute approximate surface area is 56.1 Å². The number of hydrogen-bond acceptors (Lipinski definition) is 4. The molecule has 9 heavy (non-hydrogen) atoms. The van der Waals surface area contributed by atoms with Gasteiger partial charge in [0.1, 0.15) is 10.5 Å². The molecule has 0 spiro atoms. The predicted molar refractivity (Wildman–Crippen MR) is 34.1 cm³/mol. The number of ether oxygens (including phenoxy) is 1. The van der Waals surface area contributed by atoms with Gasteiger partial charge < -0.3 is 9.53 Å². The maximum Gasteiger partial charge on any atom is 0.431 e. The van der Waals surface area contributed by atoms with Crippen molar-refractivity contribution in [1.29, 1.82) is 0 Å². The van der Waals surface area contributed by atoms with Crippen LogP contribution in [0.2, 0.25) is 0 Å². The van der Waals surface area contributed by atoms with Crippen molar-refractivity contribution in [3.05, 3.63) is 0 Å². The van der Waals surface area contributed by atoms with Gasteiger partial charge in [-0.05, 0) is 6.92 Å². The van der Waals surface area contributed by atoms with E-state index in [0.717, 1.165) is 0 Å². The molecular weight excluding hydrogens is 142 g/mol. The molecule has 0 fully saturated rings. The molecule has 0 aliphatic rings. The zero-order chi connectivity index (χ0) is 7.70. The molecule has 0 heterocycles. The van der Waals surface area contributed by atoms with Crippen LogP contribution in [0.5, 0.6) is 0 Å². The Balaban J connectivity index is 0. The van der Waals surface area contributed by atoms with Gasteiger partial charge in [-0.25, -0.2) is 10.3 Å². The van der Waals surface area contributed by atoms with Gasteiger partial charge in [0, 0.05) is 0 Å². The highest BCUT2D eigenvalue weighted by molar-refractivity contribution is 5.95. The second kappa shape index (κ2) is 10.4.